The summed E-state index contributed by atoms with van der Waals surface area (Å²) in [6.07, 6.45) is 17.1. The van der Waals surface area contributed by atoms with Crippen LogP contribution in [0.5, 0.6) is 0 Å². The van der Waals surface area contributed by atoms with E-state index in [-0.39, 0.29) is 49.3 Å². The molecule has 9 heteroatoms. The van der Waals surface area contributed by atoms with Crippen molar-refractivity contribution in [2.24, 2.45) is 51.2 Å². The zero-order valence-corrected chi connectivity index (χ0v) is 35.9. The molecule has 0 radical (unpaired) electrons. The molecular formula is C44H76O8S. The predicted molar refractivity (Wildman–Crippen MR) is 214 cm³/mol. The summed E-state index contributed by atoms with van der Waals surface area (Å²) >= 11 is 4.49. The maximum Gasteiger partial charge on any atom is 0.320 e. The van der Waals surface area contributed by atoms with Crippen molar-refractivity contribution >= 4 is 24.6 Å². The monoisotopic (exact) mass is 765 g/mol. The molecule has 0 heterocycles. The smallest absolute Gasteiger partial charge is 0.320 e. The molecule has 4 aliphatic rings. The Morgan fingerprint density at radius 2 is 1.55 bits per heavy atom. The Kier molecular flexibility index (Phi) is 16.7. The maximum atomic E-state index is 12.9. The first-order chi connectivity index (χ1) is 25.2. The molecule has 3 unspecified atom stereocenters. The van der Waals surface area contributed by atoms with Crippen molar-refractivity contribution in [3.05, 3.63) is 11.6 Å². The highest BCUT2D eigenvalue weighted by atomic mass is 32.1. The van der Waals surface area contributed by atoms with Crippen LogP contribution in [0.15, 0.2) is 11.6 Å². The third-order valence-electron chi connectivity index (χ3n) is 15.2. The molecule has 0 spiro atoms. The van der Waals surface area contributed by atoms with E-state index >= 15 is 0 Å². The summed E-state index contributed by atoms with van der Waals surface area (Å²) in [4.78, 5) is 25.5. The lowest BCUT2D eigenvalue weighted by molar-refractivity contribution is -0.167. The van der Waals surface area contributed by atoms with Gasteiger partial charge in [0.2, 0.25) is 0 Å². The molecule has 3 fully saturated rings. The number of hydrogen-bond donors (Lipinski definition) is 1. The van der Waals surface area contributed by atoms with E-state index in [1.165, 1.54) is 51.4 Å². The van der Waals surface area contributed by atoms with Gasteiger partial charge in [-0.1, -0.05) is 86.3 Å². The van der Waals surface area contributed by atoms with Crippen LogP contribution in [-0.2, 0) is 38.0 Å². The summed E-state index contributed by atoms with van der Waals surface area (Å²) in [5, 5.41) is -0.735. The van der Waals surface area contributed by atoms with Crippen LogP contribution in [0, 0.1) is 51.2 Å². The van der Waals surface area contributed by atoms with E-state index in [1.807, 2.05) is 6.92 Å². The highest BCUT2D eigenvalue weighted by Gasteiger charge is 2.67. The summed E-state index contributed by atoms with van der Waals surface area (Å²) in [5.41, 5.74) is 2.86. The van der Waals surface area contributed by atoms with Gasteiger partial charge in [0.25, 0.3) is 0 Å². The molecule has 0 N–H and O–H groups in total. The van der Waals surface area contributed by atoms with Crippen LogP contribution >= 0.6 is 12.6 Å². The largest absolute Gasteiger partial charge is 0.463 e. The van der Waals surface area contributed by atoms with Gasteiger partial charge in [-0.3, -0.25) is 9.59 Å². The number of carbonyl (C=O) groups is 2. The van der Waals surface area contributed by atoms with E-state index in [2.05, 4.69) is 67.2 Å². The molecule has 306 valence electrons. The van der Waals surface area contributed by atoms with Gasteiger partial charge in [0.15, 0.2) is 6.79 Å². The van der Waals surface area contributed by atoms with Gasteiger partial charge in [0.1, 0.15) is 11.9 Å². The molecule has 10 atom stereocenters. The molecule has 0 aromatic heterocycles. The fraction of sp³-hybridized carbons (Fsp3) is 0.909. The average molecular weight is 765 g/mol. The normalized spacial score (nSPS) is 34.0. The fourth-order valence-corrected chi connectivity index (χ4v) is 11.7. The Morgan fingerprint density at radius 1 is 0.849 bits per heavy atom. The first-order valence-electron chi connectivity index (χ1n) is 21.1. The van der Waals surface area contributed by atoms with E-state index in [0.29, 0.717) is 49.6 Å². The van der Waals surface area contributed by atoms with Gasteiger partial charge in [-0.25, -0.2) is 0 Å². The van der Waals surface area contributed by atoms with Crippen molar-refractivity contribution in [1.82, 2.24) is 0 Å². The van der Waals surface area contributed by atoms with Crippen LogP contribution < -0.4 is 0 Å². The molecule has 4 aliphatic carbocycles. The molecule has 0 aromatic carbocycles. The van der Waals surface area contributed by atoms with Gasteiger partial charge in [-0.05, 0) is 110 Å². The predicted octanol–water partition coefficient (Wildman–Crippen LogP) is 9.63. The van der Waals surface area contributed by atoms with E-state index < -0.39 is 17.1 Å². The number of thiol groups is 1. The van der Waals surface area contributed by atoms with Gasteiger partial charge < -0.3 is 28.4 Å². The van der Waals surface area contributed by atoms with Crippen LogP contribution in [0.25, 0.3) is 0 Å². The van der Waals surface area contributed by atoms with Crippen molar-refractivity contribution < 1.29 is 38.0 Å². The lowest BCUT2D eigenvalue weighted by Crippen LogP contribution is -2.58. The number of fused-ring (bicyclic) bond motifs is 5. The Hall–Kier alpha value is -1.13. The number of allylic oxidation sites excluding steroid dienone is 1. The number of methoxy groups -OCH3 is 1. The Bertz CT molecular complexity index is 1210. The Balaban J connectivity index is 1.22. The fourth-order valence-electron chi connectivity index (χ4n) is 11.4. The minimum Gasteiger partial charge on any atom is -0.463 e. The third-order valence-corrected chi connectivity index (χ3v) is 15.6. The van der Waals surface area contributed by atoms with Gasteiger partial charge in [0.05, 0.1) is 45.1 Å². The molecular weight excluding hydrogens is 689 g/mol. The average Bonchev–Trinajstić information content (AvgIpc) is 3.40. The molecule has 53 heavy (non-hydrogen) atoms. The summed E-state index contributed by atoms with van der Waals surface area (Å²) in [7, 11) is 1.63. The molecule has 0 aromatic rings. The zero-order chi connectivity index (χ0) is 38.9. The number of esters is 2. The number of hydrogen-bond acceptors (Lipinski definition) is 9. The minimum atomic E-state index is -0.735. The maximum absolute atomic E-state index is 12.9. The topological polar surface area (TPSA) is 89.5 Å². The number of ether oxygens (including phenoxy) is 6. The van der Waals surface area contributed by atoms with E-state index in [1.54, 1.807) is 12.7 Å². The van der Waals surface area contributed by atoms with Crippen molar-refractivity contribution in [2.45, 2.75) is 150 Å². The molecule has 0 saturated heterocycles. The zero-order valence-electron chi connectivity index (χ0n) is 35.0. The highest BCUT2D eigenvalue weighted by molar-refractivity contribution is 7.81. The van der Waals surface area contributed by atoms with Crippen molar-refractivity contribution in [3.63, 3.8) is 0 Å². The van der Waals surface area contributed by atoms with Crippen LogP contribution in [0.1, 0.15) is 139 Å². The molecule has 8 nitrogen and oxygen atoms in total. The number of carbonyl (C=O) groups excluding carboxylic acids is 2. The summed E-state index contributed by atoms with van der Waals surface area (Å²) in [5.74, 6) is 1.84. The quantitative estimate of drug-likeness (QED) is 0.0384. The second-order valence-electron chi connectivity index (χ2n) is 18.5. The van der Waals surface area contributed by atoms with E-state index in [9.17, 15) is 9.59 Å². The third kappa shape index (κ3) is 10.3. The molecule has 0 bridgehead atoms. The Morgan fingerprint density at radius 3 is 2.23 bits per heavy atom. The molecule has 4 rings (SSSR count). The molecule has 0 aliphatic heterocycles. The number of rotatable bonds is 22. The molecule has 0 amide bonds. The lowest BCUT2D eigenvalue weighted by atomic mass is 9.39. The van der Waals surface area contributed by atoms with Crippen LogP contribution in [0.3, 0.4) is 0 Å². The standard InChI is InChI=1S/C44H76O8S/c1-10-33(39(45)50-27-26-49-25-24-48-23-22-47-9)28-36(53)40(46)52-30-51-35-16-18-43(7)34(29-35)14-15-38-42(6)21-20-41(5,32(4)13-11-12-31(2)3)37(42)17-19-44(38,43)8/h14,31-33,35-38,53H,10-13,15-30H2,1-9H3/t32-,33?,35?,36?,37-,38+,41-,42-,43+,44+/m1/s1. The first-order valence-corrected chi connectivity index (χ1v) is 21.6. The van der Waals surface area contributed by atoms with Crippen molar-refractivity contribution in [1.29, 1.82) is 0 Å². The van der Waals surface area contributed by atoms with Crippen LogP contribution in [-0.4, -0.2) is 76.8 Å². The van der Waals surface area contributed by atoms with Gasteiger partial charge in [0, 0.05) is 7.11 Å². The Labute approximate surface area is 328 Å². The van der Waals surface area contributed by atoms with Gasteiger partial charge in [-0.15, -0.1) is 0 Å². The van der Waals surface area contributed by atoms with Crippen molar-refractivity contribution in [2.75, 3.05) is 53.5 Å². The second kappa shape index (κ2) is 19.8. The minimum absolute atomic E-state index is 0.0338. The second-order valence-corrected chi connectivity index (χ2v) is 19.1. The highest BCUT2D eigenvalue weighted by Crippen LogP contribution is 2.75. The van der Waals surface area contributed by atoms with Crippen molar-refractivity contribution in [3.8, 4) is 0 Å². The SMILES string of the molecule is CCC(CC(S)C(=O)OCOC1CC[C@@]2(C)C(=CC[C@H]3[C@]4(C)CC[C@](C)([C@H](C)CCCC(C)C)[C@H]4CC[C@@]32C)C1)C(=O)OCCOCCOCCOC. The van der Waals surface area contributed by atoms with Gasteiger partial charge >= 0.3 is 11.9 Å². The summed E-state index contributed by atoms with van der Waals surface area (Å²) < 4.78 is 32.9. The van der Waals surface area contributed by atoms with Crippen LogP contribution in [0.2, 0.25) is 0 Å². The summed E-state index contributed by atoms with van der Waals surface area (Å²) in [6.45, 7) is 22.0. The van der Waals surface area contributed by atoms with Crippen LogP contribution in [0.4, 0.5) is 0 Å². The van der Waals surface area contributed by atoms with Gasteiger partial charge in [-0.2, -0.15) is 12.6 Å². The lowest BCUT2D eigenvalue weighted by Gasteiger charge is -2.66. The van der Waals surface area contributed by atoms with E-state index in [0.717, 1.165) is 37.0 Å². The van der Waals surface area contributed by atoms with E-state index in [4.69, 9.17) is 28.4 Å². The molecule has 3 saturated carbocycles. The summed E-state index contributed by atoms with van der Waals surface area (Å²) in [6, 6.07) is 0. The first kappa shape index (κ1) is 44.6.